The highest BCUT2D eigenvalue weighted by molar-refractivity contribution is 7.80. The van der Waals surface area contributed by atoms with E-state index in [0.717, 1.165) is 11.3 Å². The summed E-state index contributed by atoms with van der Waals surface area (Å²) < 4.78 is 14.6. The van der Waals surface area contributed by atoms with E-state index in [1.807, 2.05) is 36.5 Å². The van der Waals surface area contributed by atoms with Crippen molar-refractivity contribution in [3.8, 4) is 5.69 Å². The van der Waals surface area contributed by atoms with Crippen LogP contribution in [0.25, 0.3) is 11.8 Å². The Hall–Kier alpha value is -3.52. The third-order valence-electron chi connectivity index (χ3n) is 3.45. The van der Waals surface area contributed by atoms with Crippen molar-refractivity contribution in [2.24, 2.45) is 0 Å². The maximum atomic E-state index is 12.9. The Labute approximate surface area is 160 Å². The van der Waals surface area contributed by atoms with E-state index in [4.69, 9.17) is 12.2 Å². The molecule has 0 bridgehead atoms. The van der Waals surface area contributed by atoms with Crippen LogP contribution in [0.4, 0.5) is 10.1 Å². The number of aromatic nitrogens is 2. The van der Waals surface area contributed by atoms with E-state index in [1.165, 1.54) is 30.3 Å². The largest absolute Gasteiger partial charge is 0.331 e. The summed E-state index contributed by atoms with van der Waals surface area (Å²) in [5.74, 6) is -0.723. The lowest BCUT2D eigenvalue weighted by molar-refractivity contribution is -0.116. The molecule has 0 saturated carbocycles. The highest BCUT2D eigenvalue weighted by Gasteiger charge is 2.01. The quantitative estimate of drug-likeness (QED) is 0.368. The first-order chi connectivity index (χ1) is 13.1. The molecule has 0 aliphatic heterocycles. The number of amides is 1. The van der Waals surface area contributed by atoms with Gasteiger partial charge in [0.15, 0.2) is 5.11 Å². The normalized spacial score (nSPS) is 10.6. The number of halogens is 1. The summed E-state index contributed by atoms with van der Waals surface area (Å²) in [5.41, 5.74) is 7.32. The van der Waals surface area contributed by atoms with Crippen LogP contribution in [0.15, 0.2) is 73.1 Å². The third-order valence-corrected chi connectivity index (χ3v) is 3.66. The number of para-hydroxylation sites is 1. The van der Waals surface area contributed by atoms with Gasteiger partial charge in [0.25, 0.3) is 5.91 Å². The highest BCUT2D eigenvalue weighted by Crippen LogP contribution is 2.09. The fourth-order valence-corrected chi connectivity index (χ4v) is 2.34. The average Bonchev–Trinajstić information content (AvgIpc) is 3.16. The molecule has 0 radical (unpaired) electrons. The Bertz CT molecular complexity index is 954. The Morgan fingerprint density at radius 1 is 1.07 bits per heavy atom. The minimum Gasteiger partial charge on any atom is -0.331 e. The van der Waals surface area contributed by atoms with Gasteiger partial charge in [-0.2, -0.15) is 5.10 Å². The lowest BCUT2D eigenvalue weighted by Crippen LogP contribution is -2.43. The molecule has 0 unspecified atom stereocenters. The van der Waals surface area contributed by atoms with Gasteiger partial charge in [-0.15, -0.1) is 0 Å². The molecule has 3 aromatic rings. The number of carbonyl (C=O) groups is 1. The highest BCUT2D eigenvalue weighted by atomic mass is 32.1. The predicted molar refractivity (Wildman–Crippen MR) is 106 cm³/mol. The number of rotatable bonds is 4. The molecule has 8 heteroatoms. The first kappa shape index (κ1) is 18.3. The molecule has 1 heterocycles. The van der Waals surface area contributed by atoms with Gasteiger partial charge < -0.3 is 5.32 Å². The smallest absolute Gasteiger partial charge is 0.262 e. The van der Waals surface area contributed by atoms with Crippen LogP contribution < -0.4 is 16.2 Å². The van der Waals surface area contributed by atoms with Crippen molar-refractivity contribution in [1.29, 1.82) is 0 Å². The third kappa shape index (κ3) is 5.48. The Morgan fingerprint density at radius 3 is 2.56 bits per heavy atom. The lowest BCUT2D eigenvalue weighted by Gasteiger charge is -2.10. The zero-order valence-corrected chi connectivity index (χ0v) is 14.9. The summed E-state index contributed by atoms with van der Waals surface area (Å²) in [5, 5.41) is 7.25. The van der Waals surface area contributed by atoms with Gasteiger partial charge in [-0.3, -0.25) is 15.6 Å². The molecule has 0 spiro atoms. The number of nitrogens with zero attached hydrogens (tertiary/aromatic N) is 2. The SMILES string of the molecule is O=C(/C=C/c1cnn(-c2ccccc2)c1)NNC(=S)Nc1ccc(F)cc1. The van der Waals surface area contributed by atoms with Crippen molar-refractivity contribution in [3.05, 3.63) is 84.4 Å². The van der Waals surface area contributed by atoms with Crippen molar-refractivity contribution < 1.29 is 9.18 Å². The Balaban J connectivity index is 1.48. The lowest BCUT2D eigenvalue weighted by atomic mass is 10.3. The van der Waals surface area contributed by atoms with E-state index in [1.54, 1.807) is 17.0 Å². The number of hydrogen-bond acceptors (Lipinski definition) is 3. The Kier molecular flexibility index (Phi) is 5.91. The molecule has 0 saturated heterocycles. The molecule has 1 amide bonds. The number of thiocarbonyl (C=S) groups is 1. The standard InChI is InChI=1S/C19H16FN5OS/c20-15-7-9-16(10-8-15)22-19(27)24-23-18(26)11-6-14-12-21-25(13-14)17-4-2-1-3-5-17/h1-13H,(H,23,26)(H2,22,24,27)/b11-6+. The second-order valence-corrected chi connectivity index (χ2v) is 5.87. The monoisotopic (exact) mass is 381 g/mol. The van der Waals surface area contributed by atoms with Crippen LogP contribution in [0, 0.1) is 5.82 Å². The molecular weight excluding hydrogens is 365 g/mol. The van der Waals surface area contributed by atoms with E-state index in [2.05, 4.69) is 21.3 Å². The number of benzene rings is 2. The summed E-state index contributed by atoms with van der Waals surface area (Å²) in [4.78, 5) is 11.9. The fraction of sp³-hybridized carbons (Fsp3) is 0. The maximum absolute atomic E-state index is 12.9. The van der Waals surface area contributed by atoms with E-state index < -0.39 is 0 Å². The molecule has 27 heavy (non-hydrogen) atoms. The van der Waals surface area contributed by atoms with Gasteiger partial charge in [-0.05, 0) is 54.7 Å². The van der Waals surface area contributed by atoms with Crippen LogP contribution in [0.2, 0.25) is 0 Å². The second-order valence-electron chi connectivity index (χ2n) is 5.46. The van der Waals surface area contributed by atoms with E-state index in [-0.39, 0.29) is 16.8 Å². The molecule has 0 aliphatic rings. The molecular formula is C19H16FN5OS. The zero-order valence-electron chi connectivity index (χ0n) is 14.1. The van der Waals surface area contributed by atoms with Crippen molar-refractivity contribution >= 4 is 35.0 Å². The van der Waals surface area contributed by atoms with Crippen molar-refractivity contribution in [1.82, 2.24) is 20.6 Å². The second kappa shape index (κ2) is 8.72. The minimum absolute atomic E-state index is 0.181. The van der Waals surface area contributed by atoms with Gasteiger partial charge in [-0.1, -0.05) is 18.2 Å². The molecule has 2 aromatic carbocycles. The van der Waals surface area contributed by atoms with E-state index >= 15 is 0 Å². The molecule has 6 nitrogen and oxygen atoms in total. The summed E-state index contributed by atoms with van der Waals surface area (Å²) in [7, 11) is 0. The van der Waals surface area contributed by atoms with E-state index in [0.29, 0.717) is 5.69 Å². The molecule has 136 valence electrons. The predicted octanol–water partition coefficient (Wildman–Crippen LogP) is 3.04. The number of carbonyl (C=O) groups excluding carboxylic acids is 1. The number of hydrazine groups is 1. The number of nitrogens with one attached hydrogen (secondary N) is 3. The first-order valence-electron chi connectivity index (χ1n) is 8.01. The summed E-state index contributed by atoms with van der Waals surface area (Å²) in [6, 6.07) is 15.3. The average molecular weight is 381 g/mol. The molecule has 1 aromatic heterocycles. The number of anilines is 1. The van der Waals surface area contributed by atoms with E-state index in [9.17, 15) is 9.18 Å². The van der Waals surface area contributed by atoms with Crippen LogP contribution in [-0.4, -0.2) is 20.8 Å². The molecule has 0 fully saturated rings. The molecule has 0 aliphatic carbocycles. The van der Waals surface area contributed by atoms with Gasteiger partial charge in [0.05, 0.1) is 11.9 Å². The fourth-order valence-electron chi connectivity index (χ4n) is 2.17. The Morgan fingerprint density at radius 2 is 1.81 bits per heavy atom. The summed E-state index contributed by atoms with van der Waals surface area (Å²) in [6.07, 6.45) is 6.47. The van der Waals surface area contributed by atoms with Gasteiger partial charge in [0.2, 0.25) is 0 Å². The maximum Gasteiger partial charge on any atom is 0.262 e. The zero-order chi connectivity index (χ0) is 19.1. The van der Waals surface area contributed by atoms with Crippen LogP contribution >= 0.6 is 12.2 Å². The van der Waals surface area contributed by atoms with Crippen molar-refractivity contribution in [2.75, 3.05) is 5.32 Å². The molecule has 3 rings (SSSR count). The van der Waals surface area contributed by atoms with Gasteiger partial charge in [-0.25, -0.2) is 9.07 Å². The van der Waals surface area contributed by atoms with Crippen LogP contribution in [-0.2, 0) is 4.79 Å². The van der Waals surface area contributed by atoms with Gasteiger partial charge in [0.1, 0.15) is 5.82 Å². The van der Waals surface area contributed by atoms with Gasteiger partial charge >= 0.3 is 0 Å². The molecule has 3 N–H and O–H groups in total. The van der Waals surface area contributed by atoms with Crippen LogP contribution in [0.1, 0.15) is 5.56 Å². The first-order valence-corrected chi connectivity index (χ1v) is 8.42. The number of hydrogen-bond donors (Lipinski definition) is 3. The van der Waals surface area contributed by atoms with Crippen molar-refractivity contribution in [2.45, 2.75) is 0 Å². The summed E-state index contributed by atoms with van der Waals surface area (Å²) in [6.45, 7) is 0. The van der Waals surface area contributed by atoms with Crippen LogP contribution in [0.3, 0.4) is 0 Å². The van der Waals surface area contributed by atoms with Gasteiger partial charge in [0, 0.05) is 23.5 Å². The topological polar surface area (TPSA) is 71.0 Å². The van der Waals surface area contributed by atoms with Crippen LogP contribution in [0.5, 0.6) is 0 Å². The molecule has 0 atom stereocenters. The van der Waals surface area contributed by atoms with Crippen molar-refractivity contribution in [3.63, 3.8) is 0 Å². The summed E-state index contributed by atoms with van der Waals surface area (Å²) >= 11 is 5.05. The minimum atomic E-state index is -0.384.